The summed E-state index contributed by atoms with van der Waals surface area (Å²) in [4.78, 5) is 17.1. The van der Waals surface area contributed by atoms with Crippen molar-refractivity contribution in [1.82, 2.24) is 4.90 Å². The molecule has 26 heavy (non-hydrogen) atoms. The van der Waals surface area contributed by atoms with Crippen molar-refractivity contribution < 1.29 is 9.53 Å². The molecule has 0 radical (unpaired) electrons. The molecular weight excluding hydrogens is 326 g/mol. The molecule has 0 saturated carbocycles. The Balaban J connectivity index is 1.57. The molecule has 0 aliphatic carbocycles. The van der Waals surface area contributed by atoms with E-state index in [9.17, 15) is 4.79 Å². The van der Waals surface area contributed by atoms with E-state index in [4.69, 9.17) is 4.74 Å². The fourth-order valence-corrected chi connectivity index (χ4v) is 3.29. The van der Waals surface area contributed by atoms with Crippen LogP contribution in [-0.4, -0.2) is 50.1 Å². The zero-order chi connectivity index (χ0) is 18.5. The van der Waals surface area contributed by atoms with Crippen LogP contribution in [0.3, 0.4) is 0 Å². The lowest BCUT2D eigenvalue weighted by Crippen LogP contribution is -2.52. The van der Waals surface area contributed by atoms with Crippen molar-refractivity contribution in [3.8, 4) is 5.75 Å². The molecule has 3 rings (SSSR count). The van der Waals surface area contributed by atoms with Crippen LogP contribution in [0.5, 0.6) is 5.75 Å². The molecule has 5 heteroatoms. The van der Waals surface area contributed by atoms with E-state index < -0.39 is 0 Å². The van der Waals surface area contributed by atoms with Crippen LogP contribution in [0.4, 0.5) is 11.4 Å². The van der Waals surface area contributed by atoms with Gasteiger partial charge in [0.05, 0.1) is 18.8 Å². The Morgan fingerprint density at radius 2 is 1.69 bits per heavy atom. The van der Waals surface area contributed by atoms with Crippen LogP contribution in [0, 0.1) is 6.92 Å². The van der Waals surface area contributed by atoms with Gasteiger partial charge in [-0.2, -0.15) is 0 Å². The summed E-state index contributed by atoms with van der Waals surface area (Å²) < 4.78 is 5.47. The Kier molecular flexibility index (Phi) is 5.78. The molecule has 1 heterocycles. The molecule has 2 aromatic rings. The predicted octanol–water partition coefficient (Wildman–Crippen LogP) is 3.15. The molecule has 1 unspecified atom stereocenters. The number of benzene rings is 2. The average molecular weight is 353 g/mol. The number of rotatable bonds is 5. The summed E-state index contributed by atoms with van der Waals surface area (Å²) in [6.07, 6.45) is 0. The van der Waals surface area contributed by atoms with Gasteiger partial charge in [-0.15, -0.1) is 0 Å². The Hall–Kier alpha value is -2.53. The molecule has 1 fully saturated rings. The second-order valence-electron chi connectivity index (χ2n) is 6.73. The molecule has 138 valence electrons. The summed E-state index contributed by atoms with van der Waals surface area (Å²) in [6, 6.07) is 15.8. The van der Waals surface area contributed by atoms with Crippen LogP contribution in [0.1, 0.15) is 12.5 Å². The molecule has 0 bridgehead atoms. The van der Waals surface area contributed by atoms with Gasteiger partial charge < -0.3 is 15.0 Å². The number of amides is 1. The smallest absolute Gasteiger partial charge is 0.241 e. The van der Waals surface area contributed by atoms with E-state index in [-0.39, 0.29) is 11.9 Å². The van der Waals surface area contributed by atoms with E-state index in [0.717, 1.165) is 43.3 Å². The van der Waals surface area contributed by atoms with E-state index in [2.05, 4.69) is 21.2 Å². The lowest BCUT2D eigenvalue weighted by molar-refractivity contribution is -0.120. The van der Waals surface area contributed by atoms with Crippen molar-refractivity contribution in [2.24, 2.45) is 0 Å². The monoisotopic (exact) mass is 353 g/mol. The summed E-state index contributed by atoms with van der Waals surface area (Å²) in [5.41, 5.74) is 3.15. The van der Waals surface area contributed by atoms with E-state index in [1.807, 2.05) is 56.3 Å². The lowest BCUT2D eigenvalue weighted by atomic mass is 10.1. The van der Waals surface area contributed by atoms with Crippen LogP contribution in [-0.2, 0) is 4.79 Å². The number of methoxy groups -OCH3 is 1. The van der Waals surface area contributed by atoms with Gasteiger partial charge in [0.1, 0.15) is 5.75 Å². The van der Waals surface area contributed by atoms with Gasteiger partial charge in [-0.3, -0.25) is 9.69 Å². The number of ether oxygens (including phenoxy) is 1. The number of carbonyl (C=O) groups is 1. The van der Waals surface area contributed by atoms with E-state index in [1.165, 1.54) is 5.56 Å². The third kappa shape index (κ3) is 4.17. The number of para-hydroxylation sites is 2. The largest absolute Gasteiger partial charge is 0.495 e. The van der Waals surface area contributed by atoms with Gasteiger partial charge in [0.2, 0.25) is 5.91 Å². The lowest BCUT2D eigenvalue weighted by Gasteiger charge is -2.38. The second kappa shape index (κ2) is 8.23. The van der Waals surface area contributed by atoms with Crippen LogP contribution in [0.2, 0.25) is 0 Å². The van der Waals surface area contributed by atoms with Crippen molar-refractivity contribution in [2.45, 2.75) is 19.9 Å². The first-order chi connectivity index (χ1) is 12.6. The Morgan fingerprint density at radius 3 is 2.35 bits per heavy atom. The van der Waals surface area contributed by atoms with E-state index >= 15 is 0 Å². The van der Waals surface area contributed by atoms with Gasteiger partial charge >= 0.3 is 0 Å². The fourth-order valence-electron chi connectivity index (χ4n) is 3.29. The molecular formula is C21H27N3O2. The standard InChI is InChI=1S/C21H27N3O2/c1-16-8-10-18(11-9-16)22-21(25)17(2)23-12-14-24(15-13-23)19-6-4-5-7-20(19)26-3/h4-11,17H,12-15H2,1-3H3,(H,22,25). The number of nitrogens with zero attached hydrogens (tertiary/aromatic N) is 2. The van der Waals surface area contributed by atoms with Gasteiger partial charge in [-0.05, 0) is 38.1 Å². The summed E-state index contributed by atoms with van der Waals surface area (Å²) in [7, 11) is 1.70. The van der Waals surface area contributed by atoms with Gasteiger partial charge in [0, 0.05) is 31.9 Å². The molecule has 5 nitrogen and oxygen atoms in total. The third-order valence-electron chi connectivity index (χ3n) is 4.99. The number of anilines is 2. The van der Waals surface area contributed by atoms with Crippen molar-refractivity contribution in [1.29, 1.82) is 0 Å². The minimum atomic E-state index is -0.156. The topological polar surface area (TPSA) is 44.8 Å². The molecule has 0 aromatic heterocycles. The summed E-state index contributed by atoms with van der Waals surface area (Å²) in [5, 5.41) is 3.01. The van der Waals surface area contributed by atoms with Gasteiger partial charge in [0.25, 0.3) is 0 Å². The Labute approximate surface area is 155 Å². The Morgan fingerprint density at radius 1 is 1.04 bits per heavy atom. The average Bonchev–Trinajstić information content (AvgIpc) is 2.69. The second-order valence-corrected chi connectivity index (χ2v) is 6.73. The van der Waals surface area contributed by atoms with Crippen LogP contribution >= 0.6 is 0 Å². The highest BCUT2D eigenvalue weighted by atomic mass is 16.5. The van der Waals surface area contributed by atoms with Crippen LogP contribution in [0.25, 0.3) is 0 Å². The normalized spacial score (nSPS) is 16.2. The summed E-state index contributed by atoms with van der Waals surface area (Å²) in [6.45, 7) is 7.46. The van der Waals surface area contributed by atoms with Crippen LogP contribution < -0.4 is 15.0 Å². The zero-order valence-electron chi connectivity index (χ0n) is 15.7. The zero-order valence-corrected chi connectivity index (χ0v) is 15.7. The molecule has 0 spiro atoms. The molecule has 1 amide bonds. The van der Waals surface area contributed by atoms with Gasteiger partial charge in [0.15, 0.2) is 0 Å². The number of carbonyl (C=O) groups excluding carboxylic acids is 1. The van der Waals surface area contributed by atoms with Gasteiger partial charge in [-0.1, -0.05) is 29.8 Å². The summed E-state index contributed by atoms with van der Waals surface area (Å²) in [5.74, 6) is 0.936. The maximum absolute atomic E-state index is 12.6. The number of hydrogen-bond donors (Lipinski definition) is 1. The van der Waals surface area contributed by atoms with Crippen molar-refractivity contribution in [2.75, 3.05) is 43.5 Å². The van der Waals surface area contributed by atoms with Gasteiger partial charge in [-0.25, -0.2) is 0 Å². The van der Waals surface area contributed by atoms with E-state index in [0.29, 0.717) is 0 Å². The SMILES string of the molecule is COc1ccccc1N1CCN(C(C)C(=O)Nc2ccc(C)cc2)CC1. The van der Waals surface area contributed by atoms with Crippen molar-refractivity contribution >= 4 is 17.3 Å². The highest BCUT2D eigenvalue weighted by Crippen LogP contribution is 2.28. The first-order valence-corrected chi connectivity index (χ1v) is 9.08. The molecule has 1 atom stereocenters. The quantitative estimate of drug-likeness (QED) is 0.897. The molecule has 2 aromatic carbocycles. The maximum atomic E-state index is 12.6. The molecule has 1 N–H and O–H groups in total. The maximum Gasteiger partial charge on any atom is 0.241 e. The highest BCUT2D eigenvalue weighted by molar-refractivity contribution is 5.94. The number of aryl methyl sites for hydroxylation is 1. The fraction of sp³-hybridized carbons (Fsp3) is 0.381. The third-order valence-corrected chi connectivity index (χ3v) is 4.99. The minimum Gasteiger partial charge on any atom is -0.495 e. The first-order valence-electron chi connectivity index (χ1n) is 9.08. The number of hydrogen-bond acceptors (Lipinski definition) is 4. The first kappa shape index (κ1) is 18.3. The molecule has 1 saturated heterocycles. The molecule has 1 aliphatic rings. The van der Waals surface area contributed by atoms with E-state index in [1.54, 1.807) is 7.11 Å². The van der Waals surface area contributed by atoms with Crippen molar-refractivity contribution in [3.63, 3.8) is 0 Å². The highest BCUT2D eigenvalue weighted by Gasteiger charge is 2.26. The van der Waals surface area contributed by atoms with Crippen LogP contribution in [0.15, 0.2) is 48.5 Å². The van der Waals surface area contributed by atoms with Crippen molar-refractivity contribution in [3.05, 3.63) is 54.1 Å². The minimum absolute atomic E-state index is 0.0413. The molecule has 1 aliphatic heterocycles. The number of piperazine rings is 1. The predicted molar refractivity (Wildman–Crippen MR) is 106 cm³/mol. The number of nitrogens with one attached hydrogen (secondary N) is 1. The summed E-state index contributed by atoms with van der Waals surface area (Å²) >= 11 is 0. The Bertz CT molecular complexity index is 737.